The van der Waals surface area contributed by atoms with E-state index in [-0.39, 0.29) is 5.82 Å². The number of H-pyrrole nitrogens is 2. The average Bonchev–Trinajstić information content (AvgIpc) is 3.52. The van der Waals surface area contributed by atoms with E-state index >= 15 is 0 Å². The van der Waals surface area contributed by atoms with Crippen LogP contribution in [0.1, 0.15) is 12.1 Å². The van der Waals surface area contributed by atoms with Gasteiger partial charge in [0.15, 0.2) is 5.82 Å². The Kier molecular flexibility index (Phi) is 6.11. The molecule has 0 aliphatic carbocycles. The number of ether oxygens (including phenoxy) is 1. The zero-order chi connectivity index (χ0) is 25.4. The molecule has 1 aliphatic heterocycles. The van der Waals surface area contributed by atoms with Gasteiger partial charge in [-0.25, -0.2) is 9.37 Å². The highest BCUT2D eigenvalue weighted by Gasteiger charge is 2.18. The van der Waals surface area contributed by atoms with E-state index in [0.29, 0.717) is 40.5 Å². The highest BCUT2D eigenvalue weighted by molar-refractivity contribution is 5.97. The Bertz CT molecular complexity index is 1620. The molecule has 4 aromatic heterocycles. The van der Waals surface area contributed by atoms with Crippen molar-refractivity contribution in [2.45, 2.75) is 6.42 Å². The Morgan fingerprint density at radius 2 is 2.00 bits per heavy atom. The molecule has 10 heteroatoms. The van der Waals surface area contributed by atoms with Gasteiger partial charge in [-0.3, -0.25) is 15.1 Å². The maximum atomic E-state index is 14.5. The summed E-state index contributed by atoms with van der Waals surface area (Å²) >= 11 is 0. The first-order chi connectivity index (χ1) is 18.0. The van der Waals surface area contributed by atoms with Gasteiger partial charge in [-0.05, 0) is 56.4 Å². The van der Waals surface area contributed by atoms with E-state index in [1.165, 1.54) is 17.7 Å². The van der Waals surface area contributed by atoms with Gasteiger partial charge >= 0.3 is 0 Å². The predicted molar refractivity (Wildman–Crippen MR) is 142 cm³/mol. The molecule has 0 radical (unpaired) electrons. The lowest BCUT2D eigenvalue weighted by Gasteiger charge is -2.13. The Labute approximate surface area is 212 Å². The SMILES string of the molecule is CN(C)CCOc1cc(F)cc(-c2cncc3[nH]c(-c4n[nH]c5cnc(C6=CCNCC6)cc45)nc23)c1. The summed E-state index contributed by atoms with van der Waals surface area (Å²) < 4.78 is 20.3. The van der Waals surface area contributed by atoms with Gasteiger partial charge < -0.3 is 19.9 Å². The van der Waals surface area contributed by atoms with Crippen molar-refractivity contribution in [1.82, 2.24) is 40.3 Å². The van der Waals surface area contributed by atoms with Crippen molar-refractivity contribution < 1.29 is 9.13 Å². The third-order valence-electron chi connectivity index (χ3n) is 6.45. The van der Waals surface area contributed by atoms with Crippen molar-refractivity contribution in [2.75, 3.05) is 40.3 Å². The summed E-state index contributed by atoms with van der Waals surface area (Å²) in [5.41, 5.74) is 6.46. The Morgan fingerprint density at radius 1 is 1.08 bits per heavy atom. The second kappa shape index (κ2) is 9.72. The summed E-state index contributed by atoms with van der Waals surface area (Å²) in [6.45, 7) is 2.97. The van der Waals surface area contributed by atoms with Crippen molar-refractivity contribution in [3.8, 4) is 28.4 Å². The van der Waals surface area contributed by atoms with Crippen LogP contribution in [0.4, 0.5) is 4.39 Å². The number of aromatic amines is 2. The van der Waals surface area contributed by atoms with Crippen molar-refractivity contribution in [3.63, 3.8) is 0 Å². The van der Waals surface area contributed by atoms with Crippen molar-refractivity contribution in [2.24, 2.45) is 0 Å². The highest BCUT2D eigenvalue weighted by atomic mass is 19.1. The second-order valence-electron chi connectivity index (χ2n) is 9.37. The van der Waals surface area contributed by atoms with Crippen LogP contribution in [-0.2, 0) is 0 Å². The van der Waals surface area contributed by atoms with Crippen LogP contribution in [0.25, 0.3) is 50.2 Å². The lowest BCUT2D eigenvalue weighted by molar-refractivity contribution is 0.260. The number of hydrogen-bond acceptors (Lipinski definition) is 7. The number of likely N-dealkylation sites (N-methyl/N-ethyl adjacent to an activating group) is 1. The molecule has 0 saturated carbocycles. The van der Waals surface area contributed by atoms with Crippen LogP contribution in [0.2, 0.25) is 0 Å². The fourth-order valence-electron chi connectivity index (χ4n) is 4.53. The molecular formula is C27H27FN8O. The molecule has 188 valence electrons. The van der Waals surface area contributed by atoms with Crippen LogP contribution in [0.15, 0.2) is 48.9 Å². The molecule has 0 bridgehead atoms. The number of pyridine rings is 2. The molecule has 5 heterocycles. The molecule has 37 heavy (non-hydrogen) atoms. The molecule has 0 fully saturated rings. The smallest absolute Gasteiger partial charge is 0.159 e. The normalized spacial score (nSPS) is 14.0. The van der Waals surface area contributed by atoms with E-state index in [4.69, 9.17) is 9.72 Å². The first-order valence-corrected chi connectivity index (χ1v) is 12.2. The number of rotatable bonds is 7. The molecule has 3 N–H and O–H groups in total. The molecule has 0 amide bonds. The monoisotopic (exact) mass is 498 g/mol. The van der Waals surface area contributed by atoms with Crippen LogP contribution >= 0.6 is 0 Å². The van der Waals surface area contributed by atoms with Crippen LogP contribution in [0.3, 0.4) is 0 Å². The molecule has 9 nitrogen and oxygen atoms in total. The molecule has 0 saturated heterocycles. The predicted octanol–water partition coefficient (Wildman–Crippen LogP) is 4.02. The number of hydrogen-bond donors (Lipinski definition) is 3. The first-order valence-electron chi connectivity index (χ1n) is 12.2. The van der Waals surface area contributed by atoms with Crippen molar-refractivity contribution in [1.29, 1.82) is 0 Å². The number of benzene rings is 1. The number of imidazole rings is 1. The van der Waals surface area contributed by atoms with Gasteiger partial charge in [0.1, 0.15) is 23.9 Å². The standard InChI is InChI=1S/C27H27FN8O/c1-36(2)7-8-37-19-10-17(9-18(28)11-19)21-13-30-14-24-25(21)33-27(32-24)26-20-12-22(16-3-5-29-6-4-16)31-15-23(20)34-35-26/h3,9-15,29H,4-8H2,1-2H3,(H,32,33)(H,34,35). The number of fused-ring (bicyclic) bond motifs is 2. The summed E-state index contributed by atoms with van der Waals surface area (Å²) in [7, 11) is 3.93. The van der Waals surface area contributed by atoms with Crippen molar-refractivity contribution >= 4 is 27.5 Å². The number of halogens is 1. The molecule has 1 aromatic carbocycles. The van der Waals surface area contributed by atoms with E-state index in [1.807, 2.05) is 31.3 Å². The fourth-order valence-corrected chi connectivity index (χ4v) is 4.53. The number of aromatic nitrogens is 6. The van der Waals surface area contributed by atoms with Crippen LogP contribution in [-0.4, -0.2) is 75.4 Å². The summed E-state index contributed by atoms with van der Waals surface area (Å²) in [5, 5.41) is 11.9. The highest BCUT2D eigenvalue weighted by Crippen LogP contribution is 2.33. The van der Waals surface area contributed by atoms with E-state index in [0.717, 1.165) is 48.2 Å². The quantitative estimate of drug-likeness (QED) is 0.311. The van der Waals surface area contributed by atoms with E-state index in [1.54, 1.807) is 12.4 Å². The average molecular weight is 499 g/mol. The van der Waals surface area contributed by atoms with Crippen molar-refractivity contribution in [3.05, 3.63) is 60.4 Å². The van der Waals surface area contributed by atoms with Gasteiger partial charge in [-0.15, -0.1) is 0 Å². The maximum absolute atomic E-state index is 14.5. The van der Waals surface area contributed by atoms with Crippen LogP contribution in [0, 0.1) is 5.82 Å². The van der Waals surface area contributed by atoms with E-state index < -0.39 is 0 Å². The summed E-state index contributed by atoms with van der Waals surface area (Å²) in [6.07, 6.45) is 8.32. The molecular weight excluding hydrogens is 471 g/mol. The zero-order valence-electron chi connectivity index (χ0n) is 20.7. The molecule has 0 atom stereocenters. The topological polar surface area (TPSA) is 108 Å². The largest absolute Gasteiger partial charge is 0.492 e. The van der Waals surface area contributed by atoms with E-state index in [9.17, 15) is 4.39 Å². The van der Waals surface area contributed by atoms with Crippen LogP contribution in [0.5, 0.6) is 5.75 Å². The number of nitrogens with zero attached hydrogens (tertiary/aromatic N) is 5. The first kappa shape index (κ1) is 23.3. The maximum Gasteiger partial charge on any atom is 0.159 e. The summed E-state index contributed by atoms with van der Waals surface area (Å²) in [4.78, 5) is 19.2. The number of nitrogens with one attached hydrogen (secondary N) is 3. The van der Waals surface area contributed by atoms with Gasteiger partial charge in [0, 0.05) is 36.3 Å². The third kappa shape index (κ3) is 4.68. The van der Waals surface area contributed by atoms with Gasteiger partial charge in [-0.1, -0.05) is 6.08 Å². The molecule has 1 aliphatic rings. The Morgan fingerprint density at radius 3 is 2.84 bits per heavy atom. The zero-order valence-corrected chi connectivity index (χ0v) is 20.7. The second-order valence-corrected chi connectivity index (χ2v) is 9.37. The third-order valence-corrected chi connectivity index (χ3v) is 6.45. The fraction of sp³-hybridized carbons (Fsp3) is 0.259. The molecule has 0 spiro atoms. The summed E-state index contributed by atoms with van der Waals surface area (Å²) in [6, 6.07) is 6.74. The molecule has 6 rings (SSSR count). The minimum atomic E-state index is -0.379. The summed E-state index contributed by atoms with van der Waals surface area (Å²) in [5.74, 6) is 0.691. The van der Waals surface area contributed by atoms with E-state index in [2.05, 4.69) is 42.6 Å². The minimum absolute atomic E-state index is 0.379. The molecule has 5 aromatic rings. The lowest BCUT2D eigenvalue weighted by atomic mass is 10.0. The van der Waals surface area contributed by atoms with Gasteiger partial charge in [0.25, 0.3) is 0 Å². The Hall–Kier alpha value is -4.15. The van der Waals surface area contributed by atoms with Gasteiger partial charge in [0.05, 0.1) is 34.6 Å². The minimum Gasteiger partial charge on any atom is -0.492 e. The molecule has 0 unspecified atom stereocenters. The van der Waals surface area contributed by atoms with Gasteiger partial charge in [0.2, 0.25) is 0 Å². The Balaban J connectivity index is 1.39. The van der Waals surface area contributed by atoms with Gasteiger partial charge in [-0.2, -0.15) is 5.10 Å². The lowest BCUT2D eigenvalue weighted by Crippen LogP contribution is -2.20. The van der Waals surface area contributed by atoms with Crippen LogP contribution < -0.4 is 10.1 Å².